The van der Waals surface area contributed by atoms with Crippen molar-refractivity contribution in [3.05, 3.63) is 12.2 Å². The molecular weight excluding hydrogens is 236 g/mol. The first-order valence-corrected chi connectivity index (χ1v) is 5.01. The van der Waals surface area contributed by atoms with Crippen LogP contribution in [0.25, 0.3) is 0 Å². The number of carbonyl (C=O) groups excluding carboxylic acids is 2. The van der Waals surface area contributed by atoms with E-state index in [-0.39, 0.29) is 0 Å². The predicted octanol–water partition coefficient (Wildman–Crippen LogP) is 0.0652. The fourth-order valence-corrected chi connectivity index (χ4v) is 0.901. The summed E-state index contributed by atoms with van der Waals surface area (Å²) in [6, 6.07) is -0.596. The van der Waals surface area contributed by atoms with Gasteiger partial charge in [-0.3, -0.25) is 10.1 Å². The molecule has 1 unspecified atom stereocenters. The van der Waals surface area contributed by atoms with Gasteiger partial charge in [-0.25, -0.2) is 4.79 Å². The molecule has 0 spiro atoms. The van der Waals surface area contributed by atoms with Gasteiger partial charge < -0.3 is 9.84 Å². The summed E-state index contributed by atoms with van der Waals surface area (Å²) >= 11 is 5.46. The van der Waals surface area contributed by atoms with E-state index < -0.39 is 17.3 Å². The zero-order valence-electron chi connectivity index (χ0n) is 8.57. The molecule has 1 aromatic rings. The third kappa shape index (κ3) is 4.26. The highest BCUT2D eigenvalue weighted by Gasteiger charge is 2.12. The number of hydrogen-bond donors (Lipinski definition) is 2. The third-order valence-electron chi connectivity index (χ3n) is 1.64. The Hall–Kier alpha value is -1.63. The second-order valence-corrected chi connectivity index (χ2v) is 3.61. The quantitative estimate of drug-likeness (QED) is 0.733. The third-order valence-corrected chi connectivity index (χ3v) is 1.84. The maximum absolute atomic E-state index is 11.1. The Morgan fingerprint density at radius 1 is 1.62 bits per heavy atom. The lowest BCUT2D eigenvalue weighted by Crippen LogP contribution is -2.42. The summed E-state index contributed by atoms with van der Waals surface area (Å²) in [6.07, 6.45) is 1.63. The normalized spacial score (nSPS) is 11.9. The molecule has 0 saturated heterocycles. The number of imide groups is 1. The zero-order valence-corrected chi connectivity index (χ0v) is 9.32. The second kappa shape index (κ2) is 6.06. The smallest absolute Gasteiger partial charge is 0.321 e. The first-order valence-electron chi connectivity index (χ1n) is 4.57. The van der Waals surface area contributed by atoms with Gasteiger partial charge in [-0.15, -0.1) is 11.6 Å². The topological polar surface area (TPSA) is 97.1 Å². The Bertz CT molecular complexity index is 352. The molecule has 1 rings (SSSR count). The number of rotatable bonds is 4. The van der Waals surface area contributed by atoms with Crippen molar-refractivity contribution in [2.24, 2.45) is 0 Å². The van der Waals surface area contributed by atoms with E-state index >= 15 is 0 Å². The van der Waals surface area contributed by atoms with Crippen LogP contribution in [0.5, 0.6) is 0 Å². The second-order valence-electron chi connectivity index (χ2n) is 2.96. The van der Waals surface area contributed by atoms with Crippen molar-refractivity contribution in [3.63, 3.8) is 0 Å². The number of carbonyl (C=O) groups is 2. The minimum atomic E-state index is -0.747. The molecule has 0 fully saturated rings. The number of nitrogens with one attached hydrogen (secondary N) is 2. The Balaban J connectivity index is 2.18. The van der Waals surface area contributed by atoms with E-state index in [2.05, 4.69) is 25.3 Å². The van der Waals surface area contributed by atoms with Crippen molar-refractivity contribution >= 4 is 23.5 Å². The molecule has 2 N–H and O–H groups in total. The molecule has 1 heterocycles. The van der Waals surface area contributed by atoms with E-state index in [1.165, 1.54) is 13.3 Å². The molecule has 0 radical (unpaired) electrons. The molecule has 8 heteroatoms. The van der Waals surface area contributed by atoms with E-state index in [9.17, 15) is 9.59 Å². The summed E-state index contributed by atoms with van der Waals surface area (Å²) in [5, 5.41) is 7.34. The average Bonchev–Trinajstić information content (AvgIpc) is 2.70. The molecule has 16 heavy (non-hydrogen) atoms. The van der Waals surface area contributed by atoms with Crippen LogP contribution in [-0.2, 0) is 11.2 Å². The molecule has 1 aromatic heterocycles. The van der Waals surface area contributed by atoms with Gasteiger partial charge >= 0.3 is 6.03 Å². The van der Waals surface area contributed by atoms with Crippen LogP contribution < -0.4 is 10.6 Å². The number of alkyl halides is 1. The van der Waals surface area contributed by atoms with Crippen LogP contribution in [0.1, 0.15) is 12.7 Å². The van der Waals surface area contributed by atoms with Crippen molar-refractivity contribution in [1.82, 2.24) is 20.8 Å². The molecular formula is C8H11ClN4O3. The van der Waals surface area contributed by atoms with Gasteiger partial charge in [-0.05, 0) is 6.92 Å². The van der Waals surface area contributed by atoms with Crippen molar-refractivity contribution in [2.45, 2.75) is 18.7 Å². The summed E-state index contributed by atoms with van der Waals surface area (Å²) in [7, 11) is 0. The molecule has 0 aliphatic carbocycles. The number of aromatic nitrogens is 2. The van der Waals surface area contributed by atoms with Crippen LogP contribution in [0.4, 0.5) is 4.79 Å². The van der Waals surface area contributed by atoms with E-state index in [1.807, 2.05) is 0 Å². The molecule has 0 aliphatic heterocycles. The molecule has 3 amide bonds. The minimum Gasteiger partial charge on any atom is -0.343 e. The van der Waals surface area contributed by atoms with E-state index in [0.717, 1.165) is 0 Å². The maximum Gasteiger partial charge on any atom is 0.321 e. The summed E-state index contributed by atoms with van der Waals surface area (Å²) in [5.74, 6) is -0.0592. The van der Waals surface area contributed by atoms with E-state index in [0.29, 0.717) is 18.8 Å². The zero-order chi connectivity index (χ0) is 12.0. The molecule has 0 aliphatic rings. The number of halogens is 1. The van der Waals surface area contributed by atoms with Crippen LogP contribution in [0.15, 0.2) is 10.9 Å². The lowest BCUT2D eigenvalue weighted by molar-refractivity contribution is -0.119. The van der Waals surface area contributed by atoms with Gasteiger partial charge in [0.25, 0.3) is 0 Å². The van der Waals surface area contributed by atoms with Crippen LogP contribution in [0, 0.1) is 0 Å². The highest BCUT2D eigenvalue weighted by atomic mass is 35.5. The molecule has 0 bridgehead atoms. The van der Waals surface area contributed by atoms with Crippen LogP contribution in [0.3, 0.4) is 0 Å². The van der Waals surface area contributed by atoms with Crippen molar-refractivity contribution in [3.8, 4) is 0 Å². The number of nitrogens with zero attached hydrogens (tertiary/aromatic N) is 2. The summed E-state index contributed by atoms with van der Waals surface area (Å²) in [4.78, 5) is 25.9. The Morgan fingerprint density at radius 3 is 2.94 bits per heavy atom. The number of urea groups is 1. The first kappa shape index (κ1) is 12.4. The van der Waals surface area contributed by atoms with E-state index in [4.69, 9.17) is 11.6 Å². The molecule has 88 valence electrons. The molecule has 1 atom stereocenters. The summed E-state index contributed by atoms with van der Waals surface area (Å²) in [5.41, 5.74) is 0. The first-order chi connectivity index (χ1) is 7.59. The highest BCUT2D eigenvalue weighted by molar-refractivity contribution is 6.31. The standard InChI is InChI=1S/C8H11ClN4O3/c1-5(9)7(14)12-8(15)10-3-2-6-11-4-16-13-6/h4-5H,2-3H2,1H3,(H2,10,12,14,15). The molecule has 7 nitrogen and oxygen atoms in total. The van der Waals surface area contributed by atoms with Gasteiger partial charge in [0.05, 0.1) is 0 Å². The fourth-order valence-electron chi connectivity index (χ4n) is 0.846. The van der Waals surface area contributed by atoms with Gasteiger partial charge in [0.1, 0.15) is 5.38 Å². The van der Waals surface area contributed by atoms with Crippen molar-refractivity contribution in [1.29, 1.82) is 0 Å². The van der Waals surface area contributed by atoms with Gasteiger partial charge in [0, 0.05) is 13.0 Å². The molecule has 0 saturated carbocycles. The monoisotopic (exact) mass is 246 g/mol. The fraction of sp³-hybridized carbons (Fsp3) is 0.500. The summed E-state index contributed by atoms with van der Waals surface area (Å²) < 4.78 is 4.51. The Kier molecular flexibility index (Phi) is 4.71. The SMILES string of the molecule is CC(Cl)C(=O)NC(=O)NCCc1ncon1. The van der Waals surface area contributed by atoms with Crippen molar-refractivity contribution < 1.29 is 14.1 Å². The van der Waals surface area contributed by atoms with Crippen molar-refractivity contribution in [2.75, 3.05) is 6.54 Å². The van der Waals surface area contributed by atoms with Crippen LogP contribution >= 0.6 is 11.6 Å². The maximum atomic E-state index is 11.1. The highest BCUT2D eigenvalue weighted by Crippen LogP contribution is 1.92. The van der Waals surface area contributed by atoms with Crippen LogP contribution in [0.2, 0.25) is 0 Å². The number of hydrogen-bond acceptors (Lipinski definition) is 5. The largest absolute Gasteiger partial charge is 0.343 e. The predicted molar refractivity (Wildman–Crippen MR) is 54.9 cm³/mol. The van der Waals surface area contributed by atoms with Gasteiger partial charge in [0.15, 0.2) is 5.82 Å². The lowest BCUT2D eigenvalue weighted by Gasteiger charge is -2.06. The van der Waals surface area contributed by atoms with Gasteiger partial charge in [-0.1, -0.05) is 5.16 Å². The van der Waals surface area contributed by atoms with Gasteiger partial charge in [-0.2, -0.15) is 4.98 Å². The average molecular weight is 247 g/mol. The number of amides is 3. The van der Waals surface area contributed by atoms with Crippen LogP contribution in [-0.4, -0.2) is 34.0 Å². The van der Waals surface area contributed by atoms with Gasteiger partial charge in [0.2, 0.25) is 12.3 Å². The Morgan fingerprint density at radius 2 is 2.38 bits per heavy atom. The Labute approximate surface area is 96.5 Å². The summed E-state index contributed by atoms with van der Waals surface area (Å²) in [6.45, 7) is 1.78. The van der Waals surface area contributed by atoms with E-state index in [1.54, 1.807) is 0 Å². The minimum absolute atomic E-state index is 0.301. The molecule has 0 aromatic carbocycles. The lowest BCUT2D eigenvalue weighted by atomic mass is 10.4.